The van der Waals surface area contributed by atoms with Crippen LogP contribution in [0.4, 0.5) is 4.79 Å². The quantitative estimate of drug-likeness (QED) is 0.0390. The Labute approximate surface area is 303 Å². The minimum Gasteiger partial charge on any atom is -0.465 e. The number of nitrogens with one attached hydrogen (secondary N) is 1. The molecule has 1 amide bonds. The maximum Gasteiger partial charge on any atom is 0.407 e. The van der Waals surface area contributed by atoms with Gasteiger partial charge in [0.05, 0.1) is 19.6 Å². The molecule has 291 valence electrons. The zero-order chi connectivity index (χ0) is 36.0. The van der Waals surface area contributed by atoms with E-state index in [2.05, 4.69) is 51.3 Å². The number of unbranched alkanes of at least 4 members (excludes halogenated alkanes) is 18. The molecule has 8 nitrogen and oxygen atoms in total. The summed E-state index contributed by atoms with van der Waals surface area (Å²) in [7, 11) is 0. The van der Waals surface area contributed by atoms with Crippen molar-refractivity contribution in [3.05, 3.63) is 6.42 Å². The molecule has 0 bridgehead atoms. The average molecular weight is 698 g/mol. The fourth-order valence-electron chi connectivity index (χ4n) is 5.91. The van der Waals surface area contributed by atoms with Gasteiger partial charge in [0.1, 0.15) is 0 Å². The van der Waals surface area contributed by atoms with E-state index in [0.29, 0.717) is 26.2 Å². The first-order valence-electron chi connectivity index (χ1n) is 20.8. The van der Waals surface area contributed by atoms with Crippen LogP contribution < -0.4 is 5.32 Å². The summed E-state index contributed by atoms with van der Waals surface area (Å²) in [5.74, 6) is -0.254. The number of likely N-dealkylation sites (N-methyl/N-ethyl adjacent to an activating group) is 1. The number of ether oxygens (including phenoxy) is 4. The van der Waals surface area contributed by atoms with Crippen molar-refractivity contribution in [3.63, 3.8) is 0 Å². The molecule has 0 aliphatic heterocycles. The molecule has 0 saturated heterocycles. The highest BCUT2D eigenvalue weighted by Gasteiger charge is 2.18. The molecule has 0 aromatic carbocycles. The maximum atomic E-state index is 12.9. The lowest BCUT2D eigenvalue weighted by molar-refractivity contribution is -0.160. The SMILES string of the molecule is C[CH]CCCCCCCCCC(COC(=O)CCC(OCCCCCCCC)OCCCCCCCC)COC(=O)NCCN(CC)CC. The van der Waals surface area contributed by atoms with E-state index < -0.39 is 6.09 Å². The zero-order valence-corrected chi connectivity index (χ0v) is 33.0. The summed E-state index contributed by atoms with van der Waals surface area (Å²) in [6.07, 6.45) is 27.4. The molecule has 0 rings (SSSR count). The summed E-state index contributed by atoms with van der Waals surface area (Å²) in [4.78, 5) is 27.5. The molecule has 1 unspecified atom stereocenters. The molecule has 0 saturated carbocycles. The lowest BCUT2D eigenvalue weighted by atomic mass is 10.0. The van der Waals surface area contributed by atoms with Gasteiger partial charge < -0.3 is 29.2 Å². The molecule has 0 fully saturated rings. The number of amides is 1. The Morgan fingerprint density at radius 2 is 1.14 bits per heavy atom. The summed E-state index contributed by atoms with van der Waals surface area (Å²) >= 11 is 0. The van der Waals surface area contributed by atoms with Crippen LogP contribution in [0.2, 0.25) is 0 Å². The third-order valence-corrected chi connectivity index (χ3v) is 9.31. The van der Waals surface area contributed by atoms with E-state index in [1.54, 1.807) is 0 Å². The van der Waals surface area contributed by atoms with Crippen LogP contribution in [-0.2, 0) is 23.7 Å². The van der Waals surface area contributed by atoms with Gasteiger partial charge >= 0.3 is 12.1 Å². The number of esters is 1. The van der Waals surface area contributed by atoms with Gasteiger partial charge in [-0.1, -0.05) is 150 Å². The van der Waals surface area contributed by atoms with E-state index in [-0.39, 0.29) is 37.8 Å². The van der Waals surface area contributed by atoms with Crippen molar-refractivity contribution in [1.29, 1.82) is 0 Å². The van der Waals surface area contributed by atoms with E-state index in [0.717, 1.165) is 51.7 Å². The van der Waals surface area contributed by atoms with E-state index in [9.17, 15) is 9.59 Å². The number of hydrogen-bond donors (Lipinski definition) is 1. The number of carbonyl (C=O) groups excluding carboxylic acids is 2. The highest BCUT2D eigenvalue weighted by Crippen LogP contribution is 2.16. The molecule has 8 heteroatoms. The topological polar surface area (TPSA) is 86.3 Å². The van der Waals surface area contributed by atoms with Crippen LogP contribution in [0.15, 0.2) is 0 Å². The van der Waals surface area contributed by atoms with Crippen LogP contribution in [0.25, 0.3) is 0 Å². The number of rotatable bonds is 38. The maximum absolute atomic E-state index is 12.9. The Kier molecular flexibility index (Phi) is 36.8. The second-order valence-electron chi connectivity index (χ2n) is 13.8. The number of alkyl carbamates (subject to hydrolysis) is 1. The van der Waals surface area contributed by atoms with Crippen LogP contribution in [-0.4, -0.2) is 75.9 Å². The first-order chi connectivity index (χ1) is 24.0. The fraction of sp³-hybridized carbons (Fsp3) is 0.927. The molecule has 0 aliphatic rings. The second-order valence-corrected chi connectivity index (χ2v) is 13.8. The van der Waals surface area contributed by atoms with Crippen LogP contribution in [0, 0.1) is 12.3 Å². The number of carbonyl (C=O) groups is 2. The predicted octanol–water partition coefficient (Wildman–Crippen LogP) is 10.8. The van der Waals surface area contributed by atoms with Gasteiger partial charge in [0.15, 0.2) is 6.29 Å². The second kappa shape index (κ2) is 37.9. The van der Waals surface area contributed by atoms with Gasteiger partial charge in [-0.2, -0.15) is 0 Å². The zero-order valence-electron chi connectivity index (χ0n) is 33.0. The van der Waals surface area contributed by atoms with Gasteiger partial charge in [-0.05, 0) is 38.8 Å². The molecule has 0 aliphatic carbocycles. The van der Waals surface area contributed by atoms with E-state index in [1.165, 1.54) is 103 Å². The Hall–Kier alpha value is -1.38. The standard InChI is InChI=1S/C41H81N2O6/c1-6-11-14-17-20-21-22-23-26-29-38(37-49-41(45)42-32-33-43(9-4)10-5)36-48-39(44)30-31-40(46-34-27-24-18-15-12-7-2)47-35-28-25-19-16-13-8-3/h6,38,40H,7-37H2,1-5H3,(H,42,45). The molecule has 0 aromatic rings. The Morgan fingerprint density at radius 1 is 0.633 bits per heavy atom. The molecule has 1 N–H and O–H groups in total. The minimum absolute atomic E-state index is 0.0127. The molecular formula is C41H81N2O6. The van der Waals surface area contributed by atoms with E-state index in [1.807, 2.05) is 0 Å². The van der Waals surface area contributed by atoms with Crippen molar-refractivity contribution >= 4 is 12.1 Å². The average Bonchev–Trinajstić information content (AvgIpc) is 3.11. The Bertz CT molecular complexity index is 687. The van der Waals surface area contributed by atoms with E-state index >= 15 is 0 Å². The smallest absolute Gasteiger partial charge is 0.407 e. The summed E-state index contributed by atoms with van der Waals surface area (Å²) < 4.78 is 23.6. The Morgan fingerprint density at radius 3 is 1.69 bits per heavy atom. The lowest BCUT2D eigenvalue weighted by Crippen LogP contribution is -2.35. The third-order valence-electron chi connectivity index (χ3n) is 9.31. The molecule has 0 aromatic heterocycles. The van der Waals surface area contributed by atoms with Crippen molar-refractivity contribution in [3.8, 4) is 0 Å². The van der Waals surface area contributed by atoms with Gasteiger partial charge in [0.2, 0.25) is 0 Å². The summed E-state index contributed by atoms with van der Waals surface area (Å²) in [6, 6.07) is 0. The van der Waals surface area contributed by atoms with Gasteiger partial charge in [-0.3, -0.25) is 4.79 Å². The summed E-state index contributed by atoms with van der Waals surface area (Å²) in [5.41, 5.74) is 0. The van der Waals surface area contributed by atoms with Crippen molar-refractivity contribution in [2.75, 3.05) is 52.6 Å². The monoisotopic (exact) mass is 698 g/mol. The van der Waals surface area contributed by atoms with Gasteiger partial charge in [0.25, 0.3) is 0 Å². The molecule has 1 atom stereocenters. The van der Waals surface area contributed by atoms with Crippen LogP contribution in [0.3, 0.4) is 0 Å². The molecule has 0 spiro atoms. The third kappa shape index (κ3) is 33.5. The first kappa shape index (κ1) is 47.6. The van der Waals surface area contributed by atoms with Crippen LogP contribution in [0.5, 0.6) is 0 Å². The van der Waals surface area contributed by atoms with Crippen molar-refractivity contribution in [1.82, 2.24) is 10.2 Å². The molecule has 49 heavy (non-hydrogen) atoms. The van der Waals surface area contributed by atoms with Crippen molar-refractivity contribution < 1.29 is 28.5 Å². The lowest BCUT2D eigenvalue weighted by Gasteiger charge is -2.20. The highest BCUT2D eigenvalue weighted by molar-refractivity contribution is 5.69. The van der Waals surface area contributed by atoms with Gasteiger partial charge in [-0.25, -0.2) is 4.79 Å². The fourth-order valence-corrected chi connectivity index (χ4v) is 5.91. The van der Waals surface area contributed by atoms with E-state index in [4.69, 9.17) is 18.9 Å². The first-order valence-corrected chi connectivity index (χ1v) is 20.8. The normalized spacial score (nSPS) is 12.1. The van der Waals surface area contributed by atoms with Crippen LogP contribution >= 0.6 is 0 Å². The largest absolute Gasteiger partial charge is 0.465 e. The Balaban J connectivity index is 4.76. The predicted molar refractivity (Wildman–Crippen MR) is 205 cm³/mol. The highest BCUT2D eigenvalue weighted by atomic mass is 16.7. The summed E-state index contributed by atoms with van der Waals surface area (Å²) in [5, 5.41) is 2.87. The molecular weight excluding hydrogens is 616 g/mol. The summed E-state index contributed by atoms with van der Waals surface area (Å²) in [6.45, 7) is 15.9. The van der Waals surface area contributed by atoms with Gasteiger partial charge in [0, 0.05) is 38.6 Å². The number of hydrogen-bond acceptors (Lipinski definition) is 7. The molecule has 1 radical (unpaired) electrons. The molecule has 0 heterocycles. The minimum atomic E-state index is -0.402. The number of nitrogens with zero attached hydrogens (tertiary/aromatic N) is 1. The van der Waals surface area contributed by atoms with Crippen LogP contribution in [0.1, 0.15) is 182 Å². The van der Waals surface area contributed by atoms with Crippen molar-refractivity contribution in [2.45, 2.75) is 189 Å². The van der Waals surface area contributed by atoms with Gasteiger partial charge in [-0.15, -0.1) is 0 Å². The van der Waals surface area contributed by atoms with Crippen molar-refractivity contribution in [2.24, 2.45) is 5.92 Å².